The van der Waals surface area contributed by atoms with Crippen LogP contribution >= 0.6 is 0 Å². The average molecular weight is 391 g/mol. The summed E-state index contributed by atoms with van der Waals surface area (Å²) < 4.78 is 45.2. The van der Waals surface area contributed by atoms with E-state index >= 15 is 0 Å². The molecule has 3 heterocycles. The second-order valence-electron chi connectivity index (χ2n) is 6.61. The summed E-state index contributed by atoms with van der Waals surface area (Å²) in [4.78, 5) is 0. The molecule has 0 aliphatic heterocycles. The van der Waals surface area contributed by atoms with Gasteiger partial charge in [-0.15, -0.1) is 0 Å². The van der Waals surface area contributed by atoms with Crippen molar-refractivity contribution in [3.63, 3.8) is 0 Å². The van der Waals surface area contributed by atoms with Gasteiger partial charge in [0.1, 0.15) is 11.9 Å². The van der Waals surface area contributed by atoms with Crippen LogP contribution in [-0.2, 0) is 12.6 Å². The highest BCUT2D eigenvalue weighted by Crippen LogP contribution is 2.40. The van der Waals surface area contributed by atoms with Gasteiger partial charge in [-0.3, -0.25) is 10.2 Å². The number of aliphatic hydroxyl groups is 1. The van der Waals surface area contributed by atoms with Crippen LogP contribution in [0.5, 0.6) is 0 Å². The summed E-state index contributed by atoms with van der Waals surface area (Å²) in [6.45, 7) is 3.41. The Kier molecular flexibility index (Phi) is 4.22. The van der Waals surface area contributed by atoms with Gasteiger partial charge in [0.25, 0.3) is 0 Å². The van der Waals surface area contributed by atoms with E-state index < -0.39 is 17.8 Å². The maximum atomic E-state index is 13.4. The van der Waals surface area contributed by atoms with Crippen molar-refractivity contribution in [2.24, 2.45) is 0 Å². The fraction of sp³-hybridized carbons (Fsp3) is 0.278. The van der Waals surface area contributed by atoms with E-state index in [1.807, 2.05) is 0 Å². The summed E-state index contributed by atoms with van der Waals surface area (Å²) in [5.41, 5.74) is 1.55. The van der Waals surface area contributed by atoms with Crippen molar-refractivity contribution in [3.05, 3.63) is 52.8 Å². The van der Waals surface area contributed by atoms with Crippen LogP contribution in [-0.4, -0.2) is 30.7 Å². The van der Waals surface area contributed by atoms with E-state index in [0.717, 1.165) is 12.1 Å². The molecule has 4 aromatic rings. The quantitative estimate of drug-likeness (QED) is 0.490. The fourth-order valence-electron chi connectivity index (χ4n) is 3.26. The third-order valence-corrected chi connectivity index (χ3v) is 4.54. The van der Waals surface area contributed by atoms with Crippen molar-refractivity contribution in [1.29, 1.82) is 0 Å². The number of aryl methyl sites for hydroxylation is 2. The van der Waals surface area contributed by atoms with Crippen molar-refractivity contribution in [1.82, 2.24) is 25.6 Å². The first-order chi connectivity index (χ1) is 13.2. The molecule has 10 heteroatoms. The Morgan fingerprint density at radius 1 is 1.18 bits per heavy atom. The normalized spacial score (nSPS) is 13.4. The van der Waals surface area contributed by atoms with Gasteiger partial charge in [-0.25, -0.2) is 0 Å². The Balaban J connectivity index is 1.84. The molecule has 0 aliphatic carbocycles. The lowest BCUT2D eigenvalue weighted by Gasteiger charge is -2.13. The number of hydrogen-bond acceptors (Lipinski definition) is 5. The van der Waals surface area contributed by atoms with E-state index in [0.29, 0.717) is 33.8 Å². The van der Waals surface area contributed by atoms with Crippen LogP contribution in [0.25, 0.3) is 22.0 Å². The first kappa shape index (κ1) is 18.2. The minimum atomic E-state index is -4.53. The second-order valence-corrected chi connectivity index (χ2v) is 6.61. The van der Waals surface area contributed by atoms with Gasteiger partial charge in [-0.05, 0) is 31.5 Å². The van der Waals surface area contributed by atoms with Crippen LogP contribution in [0.2, 0.25) is 0 Å². The first-order valence-electron chi connectivity index (χ1n) is 8.44. The SMILES string of the molecule is Cc1cc(CC(O)c2[nH]nc(C)c2-c2cc(C(F)(F)F)cc3[nH]ncc23)on1. The molecule has 4 rings (SSSR count). The van der Waals surface area contributed by atoms with Crippen LogP contribution in [0.1, 0.15) is 34.5 Å². The molecule has 1 atom stereocenters. The highest BCUT2D eigenvalue weighted by Gasteiger charge is 2.33. The monoisotopic (exact) mass is 391 g/mol. The van der Waals surface area contributed by atoms with Crippen LogP contribution in [0.15, 0.2) is 28.9 Å². The lowest BCUT2D eigenvalue weighted by molar-refractivity contribution is -0.137. The first-order valence-corrected chi connectivity index (χ1v) is 8.44. The zero-order valence-electron chi connectivity index (χ0n) is 14.9. The van der Waals surface area contributed by atoms with Crippen LogP contribution in [0, 0.1) is 13.8 Å². The molecule has 146 valence electrons. The number of nitrogens with one attached hydrogen (secondary N) is 2. The molecule has 0 aliphatic rings. The molecule has 0 bridgehead atoms. The Hall–Kier alpha value is -3.14. The number of fused-ring (bicyclic) bond motifs is 1. The van der Waals surface area contributed by atoms with Crippen LogP contribution < -0.4 is 0 Å². The standard InChI is InChI=1S/C18H16F3N5O2/c1-8-3-11(28-26-8)6-15(27)17-16(9(2)23-25-17)12-4-10(18(19,20)21)5-14-13(12)7-22-24-14/h3-5,7,15,27H,6H2,1-2H3,(H,22,24)(H,23,25). The number of halogens is 3. The van der Waals surface area contributed by atoms with Gasteiger partial charge in [-0.1, -0.05) is 5.16 Å². The zero-order valence-corrected chi connectivity index (χ0v) is 14.9. The number of benzene rings is 1. The molecular weight excluding hydrogens is 375 g/mol. The Labute approximate surface area is 156 Å². The van der Waals surface area contributed by atoms with E-state index in [9.17, 15) is 18.3 Å². The summed E-state index contributed by atoms with van der Waals surface area (Å²) in [7, 11) is 0. The van der Waals surface area contributed by atoms with Crippen LogP contribution in [0.3, 0.4) is 0 Å². The van der Waals surface area contributed by atoms with Gasteiger partial charge in [0, 0.05) is 23.4 Å². The van der Waals surface area contributed by atoms with Gasteiger partial charge >= 0.3 is 6.18 Å². The van der Waals surface area contributed by atoms with E-state index in [4.69, 9.17) is 4.52 Å². The second kappa shape index (κ2) is 6.48. The Bertz CT molecular complexity index is 1140. The number of H-pyrrole nitrogens is 2. The molecule has 3 aromatic heterocycles. The number of nitrogens with zero attached hydrogens (tertiary/aromatic N) is 3. The molecule has 1 aromatic carbocycles. The summed E-state index contributed by atoms with van der Waals surface area (Å²) >= 11 is 0. The minimum absolute atomic E-state index is 0.100. The largest absolute Gasteiger partial charge is 0.416 e. The summed E-state index contributed by atoms with van der Waals surface area (Å²) in [5.74, 6) is 0.459. The van der Waals surface area contributed by atoms with Crippen LogP contribution in [0.4, 0.5) is 13.2 Å². The van der Waals surface area contributed by atoms with Gasteiger partial charge in [0.15, 0.2) is 0 Å². The summed E-state index contributed by atoms with van der Waals surface area (Å²) in [6.07, 6.45) is -4.04. The molecule has 0 spiro atoms. The molecule has 3 N–H and O–H groups in total. The number of rotatable bonds is 4. The summed E-state index contributed by atoms with van der Waals surface area (Å²) in [6, 6.07) is 3.74. The van der Waals surface area contributed by atoms with Crippen molar-refractivity contribution < 1.29 is 22.8 Å². The van der Waals surface area contributed by atoms with E-state index in [2.05, 4.69) is 25.6 Å². The number of hydrogen-bond donors (Lipinski definition) is 3. The smallest absolute Gasteiger partial charge is 0.386 e. The van der Waals surface area contributed by atoms with Crippen molar-refractivity contribution in [2.75, 3.05) is 0 Å². The molecular formula is C18H16F3N5O2. The highest BCUT2D eigenvalue weighted by molar-refractivity contribution is 5.96. The zero-order chi connectivity index (χ0) is 20.1. The highest BCUT2D eigenvalue weighted by atomic mass is 19.4. The topological polar surface area (TPSA) is 104 Å². The Morgan fingerprint density at radius 3 is 2.64 bits per heavy atom. The number of aliphatic hydroxyl groups excluding tert-OH is 1. The average Bonchev–Trinajstić information content (AvgIpc) is 3.33. The van der Waals surface area contributed by atoms with Crippen molar-refractivity contribution >= 4 is 10.9 Å². The van der Waals surface area contributed by atoms with Crippen molar-refractivity contribution in [3.8, 4) is 11.1 Å². The molecule has 0 amide bonds. The predicted molar refractivity (Wildman–Crippen MR) is 93.3 cm³/mol. The predicted octanol–water partition coefficient (Wildman–Crippen LogP) is 3.85. The number of aromatic amines is 2. The molecule has 1 unspecified atom stereocenters. The third kappa shape index (κ3) is 3.15. The van der Waals surface area contributed by atoms with E-state index in [1.165, 1.54) is 6.20 Å². The van der Waals surface area contributed by atoms with E-state index in [1.54, 1.807) is 19.9 Å². The van der Waals surface area contributed by atoms with Gasteiger partial charge < -0.3 is 9.63 Å². The molecule has 0 saturated carbocycles. The number of aromatic nitrogens is 5. The lowest BCUT2D eigenvalue weighted by Crippen LogP contribution is -2.06. The molecule has 0 fully saturated rings. The van der Waals surface area contributed by atoms with Gasteiger partial charge in [0.2, 0.25) is 0 Å². The third-order valence-electron chi connectivity index (χ3n) is 4.54. The number of alkyl halides is 3. The van der Waals surface area contributed by atoms with Gasteiger partial charge in [-0.2, -0.15) is 23.4 Å². The Morgan fingerprint density at radius 2 is 1.96 bits per heavy atom. The molecule has 28 heavy (non-hydrogen) atoms. The van der Waals surface area contributed by atoms with Gasteiger partial charge in [0.05, 0.1) is 34.4 Å². The minimum Gasteiger partial charge on any atom is -0.386 e. The fourth-order valence-corrected chi connectivity index (χ4v) is 3.26. The molecule has 7 nitrogen and oxygen atoms in total. The maximum Gasteiger partial charge on any atom is 0.416 e. The lowest BCUT2D eigenvalue weighted by atomic mass is 9.94. The molecule has 0 radical (unpaired) electrons. The molecule has 0 saturated heterocycles. The maximum absolute atomic E-state index is 13.4. The van der Waals surface area contributed by atoms with E-state index in [-0.39, 0.29) is 17.5 Å². The summed E-state index contributed by atoms with van der Waals surface area (Å²) in [5, 5.41) is 28.2. The van der Waals surface area contributed by atoms with Crippen molar-refractivity contribution in [2.45, 2.75) is 32.5 Å².